The van der Waals surface area contributed by atoms with Crippen molar-refractivity contribution < 1.29 is 5.11 Å². The molecule has 0 spiro atoms. The monoisotopic (exact) mass is 275 g/mol. The largest absolute Gasteiger partial charge is 0.386 e. The lowest BCUT2D eigenvalue weighted by Crippen LogP contribution is -2.41. The first-order valence-electron chi connectivity index (χ1n) is 7.46. The number of nitrogens with one attached hydrogen (secondary N) is 1. The van der Waals surface area contributed by atoms with Crippen molar-refractivity contribution in [2.75, 3.05) is 6.54 Å². The number of aliphatic hydroxyl groups excluding tert-OH is 1. The minimum atomic E-state index is -0.596. The molecule has 1 unspecified atom stereocenters. The average molecular weight is 275 g/mol. The molecule has 1 aromatic carbocycles. The van der Waals surface area contributed by atoms with Gasteiger partial charge in [-0.25, -0.2) is 0 Å². The highest BCUT2D eigenvalue weighted by atomic mass is 16.3. The topological polar surface area (TPSA) is 70.6 Å². The Balaban J connectivity index is 1.84. The molecule has 4 N–H and O–H groups in total. The predicted molar refractivity (Wildman–Crippen MR) is 82.6 cm³/mol. The van der Waals surface area contributed by atoms with Crippen molar-refractivity contribution in [3.05, 3.63) is 35.4 Å². The molecule has 4 nitrogen and oxygen atoms in total. The molecule has 0 aliphatic heterocycles. The molecule has 1 aromatic rings. The van der Waals surface area contributed by atoms with Crippen molar-refractivity contribution in [2.24, 2.45) is 10.7 Å². The molecule has 1 saturated carbocycles. The Morgan fingerprint density at radius 1 is 1.40 bits per heavy atom. The quantitative estimate of drug-likeness (QED) is 0.583. The van der Waals surface area contributed by atoms with Crippen molar-refractivity contribution in [2.45, 2.75) is 51.2 Å². The van der Waals surface area contributed by atoms with Crippen LogP contribution in [0.4, 0.5) is 0 Å². The first kappa shape index (κ1) is 14.9. The molecule has 0 amide bonds. The van der Waals surface area contributed by atoms with Crippen LogP contribution in [0.1, 0.15) is 49.3 Å². The number of benzene rings is 1. The molecule has 1 fully saturated rings. The van der Waals surface area contributed by atoms with Gasteiger partial charge in [-0.15, -0.1) is 0 Å². The molecule has 1 aliphatic carbocycles. The number of hydrogen-bond donors (Lipinski definition) is 3. The molecule has 1 aliphatic rings. The lowest BCUT2D eigenvalue weighted by molar-refractivity contribution is 0.187. The van der Waals surface area contributed by atoms with Gasteiger partial charge < -0.3 is 16.2 Å². The predicted octanol–water partition coefficient (Wildman–Crippen LogP) is 2.27. The Morgan fingerprint density at radius 2 is 2.15 bits per heavy atom. The molecular weight excluding hydrogens is 250 g/mol. The molecule has 4 heteroatoms. The summed E-state index contributed by atoms with van der Waals surface area (Å²) in [6, 6.07) is 8.30. The molecule has 0 saturated heterocycles. The minimum absolute atomic E-state index is 0.301. The number of aliphatic hydroxyl groups is 1. The fourth-order valence-corrected chi connectivity index (χ4v) is 2.67. The van der Waals surface area contributed by atoms with Crippen molar-refractivity contribution in [3.63, 3.8) is 0 Å². The second-order valence-corrected chi connectivity index (χ2v) is 5.64. The minimum Gasteiger partial charge on any atom is -0.386 e. The van der Waals surface area contributed by atoms with Gasteiger partial charge in [-0.1, -0.05) is 49.1 Å². The maximum atomic E-state index is 10.1. The van der Waals surface area contributed by atoms with Crippen molar-refractivity contribution >= 4 is 5.96 Å². The van der Waals surface area contributed by atoms with Gasteiger partial charge in [0.1, 0.15) is 0 Å². The number of nitrogens with two attached hydrogens (primary N) is 1. The van der Waals surface area contributed by atoms with E-state index in [0.717, 1.165) is 24.0 Å². The zero-order valence-corrected chi connectivity index (χ0v) is 12.2. The lowest BCUT2D eigenvalue weighted by atomic mass is 9.96. The van der Waals surface area contributed by atoms with Crippen LogP contribution in [0.25, 0.3) is 0 Å². The summed E-state index contributed by atoms with van der Waals surface area (Å²) in [6.45, 7) is 2.31. The Labute approximate surface area is 121 Å². The van der Waals surface area contributed by atoms with E-state index in [-0.39, 0.29) is 0 Å². The molecule has 0 bridgehead atoms. The van der Waals surface area contributed by atoms with Crippen molar-refractivity contribution in [3.8, 4) is 0 Å². The zero-order valence-electron chi connectivity index (χ0n) is 12.2. The van der Waals surface area contributed by atoms with E-state index in [1.54, 1.807) is 0 Å². The van der Waals surface area contributed by atoms with Gasteiger partial charge in [0, 0.05) is 6.04 Å². The van der Waals surface area contributed by atoms with Crippen LogP contribution in [0, 0.1) is 6.92 Å². The highest BCUT2D eigenvalue weighted by Gasteiger charge is 2.13. The smallest absolute Gasteiger partial charge is 0.188 e. The van der Waals surface area contributed by atoms with Gasteiger partial charge in [0.05, 0.1) is 12.6 Å². The third-order valence-corrected chi connectivity index (χ3v) is 3.82. The van der Waals surface area contributed by atoms with E-state index in [1.807, 2.05) is 31.2 Å². The summed E-state index contributed by atoms with van der Waals surface area (Å²) in [7, 11) is 0. The molecule has 110 valence electrons. The highest BCUT2D eigenvalue weighted by Crippen LogP contribution is 2.17. The summed E-state index contributed by atoms with van der Waals surface area (Å²) in [4.78, 5) is 4.26. The van der Waals surface area contributed by atoms with Crippen LogP contribution in [0.3, 0.4) is 0 Å². The SMILES string of the molecule is Cc1cccc(C(O)CN=C(N)NC2CCCCC2)c1. The third kappa shape index (κ3) is 4.53. The summed E-state index contributed by atoms with van der Waals surface area (Å²) >= 11 is 0. The van der Waals surface area contributed by atoms with E-state index in [4.69, 9.17) is 5.73 Å². The molecule has 0 aromatic heterocycles. The number of aliphatic imine (C=N–C) groups is 1. The summed E-state index contributed by atoms with van der Waals surface area (Å²) in [5.74, 6) is 0.448. The van der Waals surface area contributed by atoms with Gasteiger partial charge in [0.25, 0.3) is 0 Å². The van der Waals surface area contributed by atoms with Gasteiger partial charge in [-0.05, 0) is 25.3 Å². The van der Waals surface area contributed by atoms with Crippen LogP contribution < -0.4 is 11.1 Å². The van der Waals surface area contributed by atoms with E-state index in [1.165, 1.54) is 19.3 Å². The number of hydrogen-bond acceptors (Lipinski definition) is 2. The van der Waals surface area contributed by atoms with Crippen molar-refractivity contribution in [1.29, 1.82) is 0 Å². The summed E-state index contributed by atoms with van der Waals surface area (Å²) in [6.07, 6.45) is 5.57. The number of rotatable bonds is 4. The standard InChI is InChI=1S/C16H25N3O/c1-12-6-5-7-13(10-12)15(20)11-18-16(17)19-14-8-3-2-4-9-14/h5-7,10,14-15,20H,2-4,8-9,11H2,1H3,(H3,17,18,19). The molecule has 20 heavy (non-hydrogen) atoms. The fraction of sp³-hybridized carbons (Fsp3) is 0.562. The Kier molecular flexibility index (Phi) is 5.41. The molecule has 1 atom stereocenters. The first-order valence-corrected chi connectivity index (χ1v) is 7.46. The van der Waals surface area contributed by atoms with Crippen LogP contribution in [-0.2, 0) is 0 Å². The number of guanidine groups is 1. The summed E-state index contributed by atoms with van der Waals surface area (Å²) in [5, 5.41) is 13.4. The number of nitrogens with zero attached hydrogens (tertiary/aromatic N) is 1. The fourth-order valence-electron chi connectivity index (χ4n) is 2.67. The number of aryl methyl sites for hydroxylation is 1. The Bertz CT molecular complexity index is 453. The summed E-state index contributed by atoms with van der Waals surface area (Å²) in [5.41, 5.74) is 7.91. The van der Waals surface area contributed by atoms with E-state index in [9.17, 15) is 5.11 Å². The maximum absolute atomic E-state index is 10.1. The van der Waals surface area contributed by atoms with Gasteiger partial charge in [-0.3, -0.25) is 4.99 Å². The van der Waals surface area contributed by atoms with E-state index < -0.39 is 6.10 Å². The molecule has 0 heterocycles. The second kappa shape index (κ2) is 7.29. The average Bonchev–Trinajstić information content (AvgIpc) is 2.46. The van der Waals surface area contributed by atoms with E-state index in [2.05, 4.69) is 10.3 Å². The van der Waals surface area contributed by atoms with E-state index in [0.29, 0.717) is 18.5 Å². The highest BCUT2D eigenvalue weighted by molar-refractivity contribution is 5.78. The van der Waals surface area contributed by atoms with Crippen LogP contribution >= 0.6 is 0 Å². The van der Waals surface area contributed by atoms with Crippen LogP contribution in [0.5, 0.6) is 0 Å². The van der Waals surface area contributed by atoms with Crippen LogP contribution in [-0.4, -0.2) is 23.7 Å². The third-order valence-electron chi connectivity index (χ3n) is 3.82. The Morgan fingerprint density at radius 3 is 2.85 bits per heavy atom. The zero-order chi connectivity index (χ0) is 14.4. The lowest BCUT2D eigenvalue weighted by Gasteiger charge is -2.23. The first-order chi connectivity index (χ1) is 9.65. The molecular formula is C16H25N3O. The maximum Gasteiger partial charge on any atom is 0.188 e. The van der Waals surface area contributed by atoms with Crippen LogP contribution in [0.2, 0.25) is 0 Å². The summed E-state index contributed by atoms with van der Waals surface area (Å²) < 4.78 is 0. The van der Waals surface area contributed by atoms with E-state index >= 15 is 0 Å². The van der Waals surface area contributed by atoms with Gasteiger partial charge in [0.15, 0.2) is 5.96 Å². The normalized spacial score (nSPS) is 18.8. The van der Waals surface area contributed by atoms with Gasteiger partial charge in [0.2, 0.25) is 0 Å². The second-order valence-electron chi connectivity index (χ2n) is 5.64. The van der Waals surface area contributed by atoms with Gasteiger partial charge in [-0.2, -0.15) is 0 Å². The Hall–Kier alpha value is -1.55. The van der Waals surface area contributed by atoms with Crippen LogP contribution in [0.15, 0.2) is 29.3 Å². The molecule has 2 rings (SSSR count). The molecule has 0 radical (unpaired) electrons. The van der Waals surface area contributed by atoms with Crippen molar-refractivity contribution in [1.82, 2.24) is 5.32 Å². The van der Waals surface area contributed by atoms with Gasteiger partial charge >= 0.3 is 0 Å².